The van der Waals surface area contributed by atoms with E-state index in [1.54, 1.807) is 0 Å². The summed E-state index contributed by atoms with van der Waals surface area (Å²) in [6.45, 7) is 2.75. The summed E-state index contributed by atoms with van der Waals surface area (Å²) in [4.78, 5) is 4.35. The molecule has 5 nitrogen and oxygen atoms in total. The molecule has 2 unspecified atom stereocenters. The molecular weight excluding hydrogens is 220 g/mol. The normalized spacial score (nSPS) is 30.7. The zero-order chi connectivity index (χ0) is 11.9. The van der Waals surface area contributed by atoms with Crippen LogP contribution in [0.15, 0.2) is 4.52 Å². The zero-order valence-corrected chi connectivity index (χ0v) is 10.1. The Kier molecular flexibility index (Phi) is 2.67. The first-order valence-corrected chi connectivity index (χ1v) is 6.32. The summed E-state index contributed by atoms with van der Waals surface area (Å²) in [7, 11) is 0. The second kappa shape index (κ2) is 4.07. The van der Waals surface area contributed by atoms with Gasteiger partial charge in [0.1, 0.15) is 5.60 Å². The zero-order valence-electron chi connectivity index (χ0n) is 10.1. The molecule has 0 amide bonds. The van der Waals surface area contributed by atoms with Crippen molar-refractivity contribution in [1.29, 1.82) is 0 Å². The minimum atomic E-state index is -0.397. The molecule has 1 aliphatic heterocycles. The average molecular weight is 238 g/mol. The van der Waals surface area contributed by atoms with Crippen LogP contribution >= 0.6 is 0 Å². The topological polar surface area (TPSA) is 68.4 Å². The summed E-state index contributed by atoms with van der Waals surface area (Å²) in [6, 6.07) is 0. The largest absolute Gasteiger partial charge is 0.392 e. The quantitative estimate of drug-likeness (QED) is 0.859. The Balaban J connectivity index is 1.69. The van der Waals surface area contributed by atoms with Gasteiger partial charge in [-0.2, -0.15) is 4.98 Å². The van der Waals surface area contributed by atoms with E-state index in [0.29, 0.717) is 24.1 Å². The van der Waals surface area contributed by atoms with Gasteiger partial charge in [0.25, 0.3) is 0 Å². The van der Waals surface area contributed by atoms with Crippen LogP contribution < -0.4 is 0 Å². The third-order valence-electron chi connectivity index (χ3n) is 3.71. The highest BCUT2D eigenvalue weighted by molar-refractivity contribution is 5.02. The van der Waals surface area contributed by atoms with Gasteiger partial charge in [-0.3, -0.25) is 0 Å². The van der Waals surface area contributed by atoms with Crippen molar-refractivity contribution in [1.82, 2.24) is 10.1 Å². The van der Waals surface area contributed by atoms with Crippen LogP contribution in [-0.2, 0) is 16.8 Å². The fourth-order valence-electron chi connectivity index (χ4n) is 2.33. The maximum Gasteiger partial charge on any atom is 0.229 e. The van der Waals surface area contributed by atoms with E-state index in [1.165, 1.54) is 0 Å². The lowest BCUT2D eigenvalue weighted by Crippen LogP contribution is -2.22. The molecule has 2 aliphatic rings. The van der Waals surface area contributed by atoms with Crippen molar-refractivity contribution in [3.63, 3.8) is 0 Å². The molecule has 1 saturated carbocycles. The van der Waals surface area contributed by atoms with Crippen LogP contribution in [0.5, 0.6) is 0 Å². The van der Waals surface area contributed by atoms with Crippen LogP contribution in [0.1, 0.15) is 44.3 Å². The average Bonchev–Trinajstić information content (AvgIpc) is 2.90. The van der Waals surface area contributed by atoms with Gasteiger partial charge in [0.05, 0.1) is 12.5 Å². The Hall–Kier alpha value is -0.940. The van der Waals surface area contributed by atoms with Crippen LogP contribution in [0, 0.1) is 5.92 Å². The fourth-order valence-corrected chi connectivity index (χ4v) is 2.33. The molecule has 1 aliphatic carbocycles. The summed E-state index contributed by atoms with van der Waals surface area (Å²) in [5.41, 5.74) is -0.397. The van der Waals surface area contributed by atoms with Gasteiger partial charge in [-0.1, -0.05) is 5.16 Å². The molecule has 1 aromatic rings. The number of aromatic nitrogens is 2. The third kappa shape index (κ3) is 2.21. The van der Waals surface area contributed by atoms with E-state index in [9.17, 15) is 5.11 Å². The second-order valence-electron chi connectivity index (χ2n) is 5.30. The predicted molar refractivity (Wildman–Crippen MR) is 59.3 cm³/mol. The number of aliphatic hydroxyl groups excluding tert-OH is 1. The highest BCUT2D eigenvalue weighted by Gasteiger charge is 2.37. The van der Waals surface area contributed by atoms with E-state index in [1.807, 2.05) is 6.92 Å². The molecule has 17 heavy (non-hydrogen) atoms. The Morgan fingerprint density at radius 1 is 1.53 bits per heavy atom. The van der Waals surface area contributed by atoms with Gasteiger partial charge < -0.3 is 14.4 Å². The first kappa shape index (κ1) is 11.2. The van der Waals surface area contributed by atoms with Crippen molar-refractivity contribution < 1.29 is 14.4 Å². The minimum absolute atomic E-state index is 0.333. The van der Waals surface area contributed by atoms with Gasteiger partial charge in [0.2, 0.25) is 11.7 Å². The number of nitrogens with zero attached hydrogens (tertiary/aromatic N) is 2. The molecule has 0 radical (unpaired) electrons. The highest BCUT2D eigenvalue weighted by Crippen LogP contribution is 2.35. The number of aliphatic hydroxyl groups is 1. The maximum atomic E-state index is 9.82. The van der Waals surface area contributed by atoms with Crippen LogP contribution in [-0.4, -0.2) is 28.0 Å². The van der Waals surface area contributed by atoms with Gasteiger partial charge in [0.15, 0.2) is 0 Å². The molecule has 1 saturated heterocycles. The maximum absolute atomic E-state index is 9.82. The van der Waals surface area contributed by atoms with Crippen molar-refractivity contribution in [2.75, 3.05) is 6.61 Å². The van der Waals surface area contributed by atoms with Crippen molar-refractivity contribution >= 4 is 0 Å². The SMILES string of the molecule is CC1(c2noc(CC(O)C3CC3)n2)CCCO1. The molecule has 5 heteroatoms. The lowest BCUT2D eigenvalue weighted by Gasteiger charge is -2.17. The number of hydrogen-bond donors (Lipinski definition) is 1. The van der Waals surface area contributed by atoms with Crippen LogP contribution in [0.25, 0.3) is 0 Å². The highest BCUT2D eigenvalue weighted by atomic mass is 16.5. The molecule has 0 aromatic carbocycles. The molecule has 1 aromatic heterocycles. The molecule has 3 rings (SSSR count). The van der Waals surface area contributed by atoms with Gasteiger partial charge in [-0.25, -0.2) is 0 Å². The molecule has 2 fully saturated rings. The fraction of sp³-hybridized carbons (Fsp3) is 0.833. The Bertz CT molecular complexity index is 394. The lowest BCUT2D eigenvalue weighted by molar-refractivity contribution is 0.00768. The Labute approximate surface area is 100 Å². The van der Waals surface area contributed by atoms with Crippen LogP contribution in [0.4, 0.5) is 0 Å². The molecule has 0 bridgehead atoms. The van der Waals surface area contributed by atoms with Crippen LogP contribution in [0.2, 0.25) is 0 Å². The monoisotopic (exact) mass is 238 g/mol. The smallest absolute Gasteiger partial charge is 0.229 e. The molecular formula is C12H18N2O3. The van der Waals surface area contributed by atoms with E-state index in [0.717, 1.165) is 32.3 Å². The molecule has 2 heterocycles. The first-order chi connectivity index (χ1) is 8.17. The number of hydrogen-bond acceptors (Lipinski definition) is 5. The van der Waals surface area contributed by atoms with E-state index < -0.39 is 5.60 Å². The van der Waals surface area contributed by atoms with Crippen LogP contribution in [0.3, 0.4) is 0 Å². The van der Waals surface area contributed by atoms with Crippen molar-refractivity contribution in [2.24, 2.45) is 5.92 Å². The van der Waals surface area contributed by atoms with Gasteiger partial charge >= 0.3 is 0 Å². The number of rotatable bonds is 4. The third-order valence-corrected chi connectivity index (χ3v) is 3.71. The van der Waals surface area contributed by atoms with E-state index in [2.05, 4.69) is 10.1 Å². The van der Waals surface area contributed by atoms with Crippen molar-refractivity contribution in [3.8, 4) is 0 Å². The van der Waals surface area contributed by atoms with E-state index in [-0.39, 0.29) is 6.10 Å². The van der Waals surface area contributed by atoms with Gasteiger partial charge in [-0.05, 0) is 38.5 Å². The van der Waals surface area contributed by atoms with Gasteiger partial charge in [-0.15, -0.1) is 0 Å². The van der Waals surface area contributed by atoms with Gasteiger partial charge in [0, 0.05) is 6.61 Å². The summed E-state index contributed by atoms with van der Waals surface area (Å²) < 4.78 is 10.8. The summed E-state index contributed by atoms with van der Waals surface area (Å²) >= 11 is 0. The van der Waals surface area contributed by atoms with Crippen molar-refractivity contribution in [2.45, 2.75) is 50.7 Å². The lowest BCUT2D eigenvalue weighted by atomic mass is 10.0. The van der Waals surface area contributed by atoms with E-state index >= 15 is 0 Å². The van der Waals surface area contributed by atoms with Crippen molar-refractivity contribution in [3.05, 3.63) is 11.7 Å². The summed E-state index contributed by atoms with van der Waals surface area (Å²) in [6.07, 6.45) is 4.32. The molecule has 0 spiro atoms. The Morgan fingerprint density at radius 3 is 3.00 bits per heavy atom. The van der Waals surface area contributed by atoms with E-state index in [4.69, 9.17) is 9.26 Å². The predicted octanol–water partition coefficient (Wildman–Crippen LogP) is 1.41. The summed E-state index contributed by atoms with van der Waals surface area (Å²) in [5.74, 6) is 1.58. The second-order valence-corrected chi connectivity index (χ2v) is 5.30. The minimum Gasteiger partial charge on any atom is -0.392 e. The molecule has 1 N–H and O–H groups in total. The Morgan fingerprint density at radius 2 is 2.35 bits per heavy atom. The number of ether oxygens (including phenoxy) is 1. The first-order valence-electron chi connectivity index (χ1n) is 6.32. The standard InChI is InChI=1S/C12H18N2O3/c1-12(5-2-6-16-12)11-13-10(17-14-11)7-9(15)8-3-4-8/h8-9,15H,2-7H2,1H3. The summed E-state index contributed by atoms with van der Waals surface area (Å²) in [5, 5.41) is 13.8. The molecule has 2 atom stereocenters. The molecule has 94 valence electrons.